The summed E-state index contributed by atoms with van der Waals surface area (Å²) in [7, 11) is 0. The van der Waals surface area contributed by atoms with Crippen LogP contribution in [-0.4, -0.2) is 11.1 Å². The zero-order chi connectivity index (χ0) is 11.7. The smallest absolute Gasteiger partial charge is 0.159 e. The molecule has 0 spiro atoms. The minimum Gasteiger partial charge on any atom is -0.282 e. The quantitative estimate of drug-likeness (QED) is 0.852. The fraction of sp³-hybridized carbons (Fsp3) is 0.429. The molecule has 3 rings (SSSR count). The van der Waals surface area contributed by atoms with Gasteiger partial charge in [-0.1, -0.05) is 37.5 Å². The van der Waals surface area contributed by atoms with Crippen molar-refractivity contribution in [2.75, 3.05) is 0 Å². The van der Waals surface area contributed by atoms with Gasteiger partial charge in [0.05, 0.1) is 10.3 Å². The minimum atomic E-state index is 0.460. The molecule has 0 amide bonds. The van der Waals surface area contributed by atoms with Crippen LogP contribution in [0, 0.1) is 5.41 Å². The second kappa shape index (κ2) is 4.65. The van der Waals surface area contributed by atoms with Gasteiger partial charge in [0.15, 0.2) is 5.84 Å². The first kappa shape index (κ1) is 11.0. The van der Waals surface area contributed by atoms with Crippen LogP contribution in [0.3, 0.4) is 0 Å². The molecule has 1 saturated carbocycles. The van der Waals surface area contributed by atoms with Gasteiger partial charge in [0.2, 0.25) is 0 Å². The lowest BCUT2D eigenvalue weighted by atomic mass is 10.0. The maximum atomic E-state index is 7.99. The van der Waals surface area contributed by atoms with Crippen LogP contribution >= 0.6 is 11.8 Å². The first-order valence-corrected chi connectivity index (χ1v) is 7.16. The number of thioether (sulfide) groups is 1. The van der Waals surface area contributed by atoms with Gasteiger partial charge in [0.25, 0.3) is 0 Å². The van der Waals surface area contributed by atoms with E-state index in [0.29, 0.717) is 11.1 Å². The van der Waals surface area contributed by atoms with Crippen LogP contribution in [0.1, 0.15) is 32.1 Å². The standard InChI is InChI=1S/C14H16N2S/c15-14-13(17-10-6-2-1-3-7-10)11-8-4-5-9-12(11)16-14/h4-5,8-10,15H,1-3,6-7H2. The second-order valence-electron chi connectivity index (χ2n) is 4.68. The van der Waals surface area contributed by atoms with Crippen LogP contribution in [0.2, 0.25) is 0 Å². The Balaban J connectivity index is 1.93. The largest absolute Gasteiger partial charge is 0.282 e. The Kier molecular flexibility index (Phi) is 3.02. The minimum absolute atomic E-state index is 0.460. The third-order valence-corrected chi connectivity index (χ3v) is 4.89. The summed E-state index contributed by atoms with van der Waals surface area (Å²) in [6, 6.07) is 8.11. The lowest BCUT2D eigenvalue weighted by molar-refractivity contribution is 0.517. The summed E-state index contributed by atoms with van der Waals surface area (Å²) in [4.78, 5) is 5.41. The summed E-state index contributed by atoms with van der Waals surface area (Å²) in [5.74, 6) is 0.460. The van der Waals surface area contributed by atoms with E-state index in [0.717, 1.165) is 15.5 Å². The molecule has 3 heteroatoms. The molecule has 1 aromatic rings. The molecule has 1 aliphatic heterocycles. The number of hydrogen-bond donors (Lipinski definition) is 1. The molecule has 2 aliphatic rings. The topological polar surface area (TPSA) is 36.2 Å². The van der Waals surface area contributed by atoms with Gasteiger partial charge in [-0.15, -0.1) is 11.8 Å². The van der Waals surface area contributed by atoms with Crippen LogP contribution in [0.5, 0.6) is 0 Å². The van der Waals surface area contributed by atoms with Gasteiger partial charge < -0.3 is 0 Å². The number of para-hydroxylation sites is 1. The molecule has 1 aromatic carbocycles. The molecule has 88 valence electrons. The average molecular weight is 244 g/mol. The van der Waals surface area contributed by atoms with Crippen LogP contribution in [-0.2, 0) is 0 Å². The molecule has 0 radical (unpaired) electrons. The van der Waals surface area contributed by atoms with Crippen LogP contribution in [0.4, 0.5) is 0 Å². The molecule has 1 N–H and O–H groups in total. The summed E-state index contributed by atoms with van der Waals surface area (Å²) >= 11 is 1.88. The lowest BCUT2D eigenvalue weighted by Crippen LogP contribution is -2.22. The number of rotatable bonds is 2. The maximum Gasteiger partial charge on any atom is 0.159 e. The molecular weight excluding hydrogens is 228 g/mol. The summed E-state index contributed by atoms with van der Waals surface area (Å²) in [6.45, 7) is 0. The summed E-state index contributed by atoms with van der Waals surface area (Å²) in [6.07, 6.45) is 6.66. The molecule has 0 aromatic heterocycles. The van der Waals surface area contributed by atoms with Crippen LogP contribution in [0.15, 0.2) is 29.3 Å². The van der Waals surface area contributed by atoms with Crippen LogP contribution < -0.4 is 10.6 Å². The molecule has 2 nitrogen and oxygen atoms in total. The van der Waals surface area contributed by atoms with Crippen molar-refractivity contribution >= 4 is 22.5 Å². The number of benzene rings is 1. The van der Waals surface area contributed by atoms with Crippen molar-refractivity contribution in [2.24, 2.45) is 4.99 Å². The van der Waals surface area contributed by atoms with E-state index in [2.05, 4.69) is 11.1 Å². The highest BCUT2D eigenvalue weighted by Crippen LogP contribution is 2.34. The van der Waals surface area contributed by atoms with Gasteiger partial charge in [0.1, 0.15) is 0 Å². The van der Waals surface area contributed by atoms with Gasteiger partial charge in [-0.05, 0) is 18.9 Å². The molecule has 0 saturated heterocycles. The fourth-order valence-electron chi connectivity index (χ4n) is 2.53. The van der Waals surface area contributed by atoms with E-state index < -0.39 is 0 Å². The van der Waals surface area contributed by atoms with Gasteiger partial charge in [-0.25, -0.2) is 4.99 Å². The highest BCUT2D eigenvalue weighted by atomic mass is 32.2. The van der Waals surface area contributed by atoms with Gasteiger partial charge >= 0.3 is 0 Å². The maximum absolute atomic E-state index is 7.99. The molecule has 17 heavy (non-hydrogen) atoms. The fourth-order valence-corrected chi connectivity index (χ4v) is 3.89. The number of nitrogens with one attached hydrogen (secondary N) is 1. The Bertz CT molecular complexity index is 556. The second-order valence-corrected chi connectivity index (χ2v) is 6.00. The van der Waals surface area contributed by atoms with E-state index in [-0.39, 0.29) is 0 Å². The lowest BCUT2D eigenvalue weighted by Gasteiger charge is -2.21. The van der Waals surface area contributed by atoms with Crippen molar-refractivity contribution < 1.29 is 0 Å². The van der Waals surface area contributed by atoms with Crippen molar-refractivity contribution in [3.05, 3.63) is 34.8 Å². The third kappa shape index (κ3) is 2.16. The van der Waals surface area contributed by atoms with Gasteiger partial charge in [-0.2, -0.15) is 0 Å². The van der Waals surface area contributed by atoms with Crippen molar-refractivity contribution in [3.63, 3.8) is 0 Å². The first-order valence-electron chi connectivity index (χ1n) is 6.28. The molecule has 0 unspecified atom stereocenters. The highest BCUT2D eigenvalue weighted by Gasteiger charge is 2.20. The van der Waals surface area contributed by atoms with Crippen molar-refractivity contribution in [1.82, 2.24) is 0 Å². The zero-order valence-corrected chi connectivity index (χ0v) is 10.6. The monoisotopic (exact) mass is 244 g/mol. The molecule has 1 heterocycles. The van der Waals surface area contributed by atoms with Crippen LogP contribution in [0.25, 0.3) is 4.91 Å². The summed E-state index contributed by atoms with van der Waals surface area (Å²) < 4.78 is 0. The van der Waals surface area contributed by atoms with Crippen molar-refractivity contribution in [3.8, 4) is 0 Å². The Morgan fingerprint density at radius 3 is 2.71 bits per heavy atom. The molecule has 1 aliphatic carbocycles. The Hall–Kier alpha value is -1.09. The van der Waals surface area contributed by atoms with Gasteiger partial charge in [0, 0.05) is 10.5 Å². The van der Waals surface area contributed by atoms with E-state index in [1.165, 1.54) is 32.1 Å². The Morgan fingerprint density at radius 2 is 1.88 bits per heavy atom. The zero-order valence-electron chi connectivity index (χ0n) is 9.78. The third-order valence-electron chi connectivity index (χ3n) is 3.43. The predicted octanol–water partition coefficient (Wildman–Crippen LogP) is 2.47. The first-order chi connectivity index (χ1) is 8.34. The molecule has 0 atom stereocenters. The summed E-state index contributed by atoms with van der Waals surface area (Å²) in [5.41, 5.74) is 0. The van der Waals surface area contributed by atoms with Crippen molar-refractivity contribution in [2.45, 2.75) is 37.4 Å². The molecule has 0 bridgehead atoms. The predicted molar refractivity (Wildman–Crippen MR) is 72.8 cm³/mol. The summed E-state index contributed by atoms with van der Waals surface area (Å²) in [5, 5.41) is 10.8. The van der Waals surface area contributed by atoms with Gasteiger partial charge in [-0.3, -0.25) is 5.41 Å². The number of hydrogen-bond acceptors (Lipinski definition) is 2. The van der Waals surface area contributed by atoms with E-state index in [9.17, 15) is 0 Å². The normalized spacial score (nSPS) is 20.2. The van der Waals surface area contributed by atoms with Crippen molar-refractivity contribution in [1.29, 1.82) is 5.41 Å². The number of nitrogens with zero attached hydrogens (tertiary/aromatic N) is 1. The number of amidine groups is 1. The highest BCUT2D eigenvalue weighted by molar-refractivity contribution is 8.09. The Labute approximate surface area is 105 Å². The van der Waals surface area contributed by atoms with E-state index in [4.69, 9.17) is 5.41 Å². The Morgan fingerprint density at radius 1 is 1.12 bits per heavy atom. The average Bonchev–Trinajstić information content (AvgIpc) is 2.68. The SMILES string of the molecule is N=C1N=c2ccccc2=C1SC1CCCCC1. The van der Waals surface area contributed by atoms with E-state index >= 15 is 0 Å². The molecule has 1 fully saturated rings. The number of fused-ring (bicyclic) bond motifs is 1. The molecular formula is C14H16N2S. The van der Waals surface area contributed by atoms with E-state index in [1.807, 2.05) is 30.0 Å². The van der Waals surface area contributed by atoms with E-state index in [1.54, 1.807) is 0 Å².